The predicted octanol–water partition coefficient (Wildman–Crippen LogP) is 3.67. The maximum absolute atomic E-state index is 13.4. The summed E-state index contributed by atoms with van der Waals surface area (Å²) < 4.78 is 5.47. The van der Waals surface area contributed by atoms with Crippen LogP contribution in [0.1, 0.15) is 34.7 Å². The second kappa shape index (κ2) is 6.87. The molecule has 2 aliphatic heterocycles. The van der Waals surface area contributed by atoms with Crippen molar-refractivity contribution in [1.29, 1.82) is 0 Å². The van der Waals surface area contributed by atoms with E-state index in [1.165, 1.54) is 12.0 Å². The number of fused-ring (bicyclic) bond motifs is 2. The predicted molar refractivity (Wildman–Crippen MR) is 106 cm³/mol. The van der Waals surface area contributed by atoms with Gasteiger partial charge in [0.25, 0.3) is 5.91 Å². The molecule has 5 rings (SSSR count). The molecule has 3 aromatic rings. The number of aryl methyl sites for hydroxylation is 1. The van der Waals surface area contributed by atoms with E-state index in [4.69, 9.17) is 4.42 Å². The highest BCUT2D eigenvalue weighted by molar-refractivity contribution is 6.06. The Labute approximate surface area is 163 Å². The van der Waals surface area contributed by atoms with Gasteiger partial charge in [0.2, 0.25) is 11.8 Å². The van der Waals surface area contributed by atoms with Gasteiger partial charge in [0.05, 0.1) is 0 Å². The average molecular weight is 374 g/mol. The topological polar surface area (TPSA) is 62.5 Å². The zero-order valence-corrected chi connectivity index (χ0v) is 15.8. The van der Waals surface area contributed by atoms with Crippen LogP contribution in [0.3, 0.4) is 0 Å². The smallest absolute Gasteiger partial charge is 0.258 e. The largest absolute Gasteiger partial charge is 0.421 e. The van der Waals surface area contributed by atoms with Crippen molar-refractivity contribution in [2.75, 3.05) is 18.0 Å². The fraction of sp³-hybridized carbons (Fsp3) is 0.318. The summed E-state index contributed by atoms with van der Waals surface area (Å²) in [7, 11) is 0. The number of benzene rings is 2. The number of carbonyl (C=O) groups is 1. The average Bonchev–Trinajstić information content (AvgIpc) is 3.32. The molecule has 6 heteroatoms. The molecular weight excluding hydrogens is 352 g/mol. The number of carbonyl (C=O) groups excluding carboxylic acids is 1. The summed E-state index contributed by atoms with van der Waals surface area (Å²) in [6.07, 6.45) is 2.35. The van der Waals surface area contributed by atoms with Crippen molar-refractivity contribution < 1.29 is 9.21 Å². The van der Waals surface area contributed by atoms with Crippen LogP contribution in [0.2, 0.25) is 0 Å². The van der Waals surface area contributed by atoms with Crippen molar-refractivity contribution in [2.45, 2.75) is 32.4 Å². The molecule has 1 unspecified atom stereocenters. The van der Waals surface area contributed by atoms with Crippen molar-refractivity contribution in [3.8, 4) is 11.5 Å². The number of para-hydroxylation sites is 1. The van der Waals surface area contributed by atoms with E-state index < -0.39 is 0 Å². The summed E-state index contributed by atoms with van der Waals surface area (Å²) in [5.41, 5.74) is 3.73. The zero-order valence-electron chi connectivity index (χ0n) is 15.8. The Hall–Kier alpha value is -2.99. The standard InChI is InChI=1S/C22H22N4O2/c1-15-23-24-21(28-15)16-8-10-17(11-9-16)22(27)26-14-19-6-4-12-25(19)13-18-5-2-3-7-20(18)26/h2-3,5,7-11,19H,4,6,12-14H2,1H3. The van der Waals surface area contributed by atoms with E-state index in [1.807, 2.05) is 35.2 Å². The molecule has 1 amide bonds. The van der Waals surface area contributed by atoms with E-state index in [9.17, 15) is 4.79 Å². The Kier molecular flexibility index (Phi) is 4.20. The van der Waals surface area contributed by atoms with Gasteiger partial charge in [-0.15, -0.1) is 10.2 Å². The highest BCUT2D eigenvalue weighted by Gasteiger charge is 2.33. The van der Waals surface area contributed by atoms with E-state index in [0.29, 0.717) is 23.4 Å². The van der Waals surface area contributed by atoms with Gasteiger partial charge in [-0.25, -0.2) is 0 Å². The molecule has 1 saturated heterocycles. The van der Waals surface area contributed by atoms with Crippen LogP contribution >= 0.6 is 0 Å². The van der Waals surface area contributed by atoms with Crippen molar-refractivity contribution in [3.05, 3.63) is 65.5 Å². The SMILES string of the molecule is Cc1nnc(-c2ccc(C(=O)N3CC4CCCN4Cc4ccccc43)cc2)o1. The molecule has 0 bridgehead atoms. The Morgan fingerprint density at radius 1 is 1.11 bits per heavy atom. The third-order valence-electron chi connectivity index (χ3n) is 5.70. The fourth-order valence-electron chi connectivity index (χ4n) is 4.26. The van der Waals surface area contributed by atoms with Gasteiger partial charge < -0.3 is 9.32 Å². The number of hydrogen-bond acceptors (Lipinski definition) is 5. The molecule has 2 aromatic carbocycles. The van der Waals surface area contributed by atoms with Gasteiger partial charge in [-0.2, -0.15) is 0 Å². The lowest BCUT2D eigenvalue weighted by atomic mass is 10.1. The Bertz CT molecular complexity index is 1010. The first-order valence-electron chi connectivity index (χ1n) is 9.73. The monoisotopic (exact) mass is 374 g/mol. The van der Waals surface area contributed by atoms with Gasteiger partial charge in [0.1, 0.15) is 0 Å². The van der Waals surface area contributed by atoms with Crippen LogP contribution in [-0.2, 0) is 6.54 Å². The van der Waals surface area contributed by atoms with Crippen molar-refractivity contribution in [2.24, 2.45) is 0 Å². The minimum Gasteiger partial charge on any atom is -0.421 e. The summed E-state index contributed by atoms with van der Waals surface area (Å²) in [4.78, 5) is 17.9. The molecule has 142 valence electrons. The summed E-state index contributed by atoms with van der Waals surface area (Å²) in [6, 6.07) is 16.1. The van der Waals surface area contributed by atoms with E-state index in [0.717, 1.165) is 37.3 Å². The molecular formula is C22H22N4O2. The molecule has 3 heterocycles. The molecule has 28 heavy (non-hydrogen) atoms. The number of aromatic nitrogens is 2. The summed E-state index contributed by atoms with van der Waals surface area (Å²) in [5.74, 6) is 1.03. The normalized spacial score (nSPS) is 19.2. The minimum atomic E-state index is 0.0365. The molecule has 0 N–H and O–H groups in total. The molecule has 0 saturated carbocycles. The van der Waals surface area contributed by atoms with Crippen LogP contribution in [-0.4, -0.2) is 40.1 Å². The van der Waals surface area contributed by atoms with Crippen LogP contribution in [0.5, 0.6) is 0 Å². The van der Waals surface area contributed by atoms with Crippen LogP contribution in [0.4, 0.5) is 5.69 Å². The summed E-state index contributed by atoms with van der Waals surface area (Å²) in [6.45, 7) is 4.53. The first kappa shape index (κ1) is 17.1. The summed E-state index contributed by atoms with van der Waals surface area (Å²) in [5, 5.41) is 7.90. The summed E-state index contributed by atoms with van der Waals surface area (Å²) >= 11 is 0. The first-order chi connectivity index (χ1) is 13.7. The number of nitrogens with zero attached hydrogens (tertiary/aromatic N) is 4. The van der Waals surface area contributed by atoms with E-state index in [1.54, 1.807) is 6.92 Å². The van der Waals surface area contributed by atoms with E-state index >= 15 is 0 Å². The van der Waals surface area contributed by atoms with Gasteiger partial charge in [-0.3, -0.25) is 9.69 Å². The molecule has 1 atom stereocenters. The molecule has 6 nitrogen and oxygen atoms in total. The lowest BCUT2D eigenvalue weighted by Crippen LogP contribution is -2.40. The number of rotatable bonds is 2. The van der Waals surface area contributed by atoms with Gasteiger partial charge in [-0.05, 0) is 55.3 Å². The third kappa shape index (κ3) is 2.99. The lowest BCUT2D eigenvalue weighted by Gasteiger charge is -2.26. The van der Waals surface area contributed by atoms with E-state index in [-0.39, 0.29) is 5.91 Å². The molecule has 0 spiro atoms. The van der Waals surface area contributed by atoms with Crippen molar-refractivity contribution in [1.82, 2.24) is 15.1 Å². The Morgan fingerprint density at radius 2 is 1.93 bits per heavy atom. The second-order valence-electron chi connectivity index (χ2n) is 7.51. The van der Waals surface area contributed by atoms with Crippen LogP contribution < -0.4 is 4.90 Å². The molecule has 0 aliphatic carbocycles. The van der Waals surface area contributed by atoms with Gasteiger partial charge in [-0.1, -0.05) is 18.2 Å². The highest BCUT2D eigenvalue weighted by atomic mass is 16.4. The van der Waals surface area contributed by atoms with Crippen LogP contribution in [0.15, 0.2) is 52.9 Å². The number of amides is 1. The lowest BCUT2D eigenvalue weighted by molar-refractivity contribution is 0.0981. The fourth-order valence-corrected chi connectivity index (χ4v) is 4.26. The molecule has 2 aliphatic rings. The highest BCUT2D eigenvalue weighted by Crippen LogP contribution is 2.32. The molecule has 1 aromatic heterocycles. The Balaban J connectivity index is 1.46. The van der Waals surface area contributed by atoms with Crippen LogP contribution in [0, 0.1) is 6.92 Å². The van der Waals surface area contributed by atoms with Gasteiger partial charge >= 0.3 is 0 Å². The molecule has 0 radical (unpaired) electrons. The number of anilines is 1. The zero-order chi connectivity index (χ0) is 19.1. The third-order valence-corrected chi connectivity index (χ3v) is 5.70. The maximum Gasteiger partial charge on any atom is 0.258 e. The first-order valence-corrected chi connectivity index (χ1v) is 9.73. The Morgan fingerprint density at radius 3 is 2.71 bits per heavy atom. The van der Waals surface area contributed by atoms with Crippen LogP contribution in [0.25, 0.3) is 11.5 Å². The van der Waals surface area contributed by atoms with Gasteiger partial charge in [0.15, 0.2) is 0 Å². The van der Waals surface area contributed by atoms with Crippen molar-refractivity contribution >= 4 is 11.6 Å². The van der Waals surface area contributed by atoms with Crippen molar-refractivity contribution in [3.63, 3.8) is 0 Å². The van der Waals surface area contributed by atoms with E-state index in [2.05, 4.69) is 33.3 Å². The maximum atomic E-state index is 13.4. The molecule has 1 fully saturated rings. The second-order valence-corrected chi connectivity index (χ2v) is 7.51. The quantitative estimate of drug-likeness (QED) is 0.685. The van der Waals surface area contributed by atoms with Gasteiger partial charge in [0, 0.05) is 42.9 Å². The minimum absolute atomic E-state index is 0.0365. The number of hydrogen-bond donors (Lipinski definition) is 0.